The van der Waals surface area contributed by atoms with Crippen LogP contribution < -0.4 is 4.90 Å². The van der Waals surface area contributed by atoms with Crippen molar-refractivity contribution in [2.75, 3.05) is 19.0 Å². The topological polar surface area (TPSA) is 68.6 Å². The number of ether oxygens (including phenoxy) is 1. The van der Waals surface area contributed by atoms with Gasteiger partial charge < -0.3 is 9.64 Å². The van der Waals surface area contributed by atoms with Crippen LogP contribution in [-0.2, 0) is 19.6 Å². The highest BCUT2D eigenvalue weighted by Gasteiger charge is 2.17. The van der Waals surface area contributed by atoms with Gasteiger partial charge in [-0.25, -0.2) is 17.2 Å². The van der Waals surface area contributed by atoms with Crippen molar-refractivity contribution in [1.82, 2.24) is 3.97 Å². The normalized spacial score (nSPS) is 12.3. The van der Waals surface area contributed by atoms with E-state index in [4.69, 9.17) is 4.74 Å². The minimum absolute atomic E-state index is 0.196. The van der Waals surface area contributed by atoms with Crippen LogP contribution in [0.5, 0.6) is 0 Å². The minimum Gasteiger partial charge on any atom is -0.457 e. The molecule has 0 fully saturated rings. The van der Waals surface area contributed by atoms with Crippen LogP contribution in [0.2, 0.25) is 0 Å². The SMILES string of the molecule is CN(C)c1ccc(S(=O)(=O)n2ccc(/C=C/C(=O)OC(C)(C)C)c2)cc1. The van der Waals surface area contributed by atoms with Crippen molar-refractivity contribution in [3.05, 3.63) is 54.4 Å². The molecule has 0 saturated carbocycles. The maximum atomic E-state index is 12.7. The Labute approximate surface area is 154 Å². The first-order valence-corrected chi connectivity index (χ1v) is 9.55. The number of carbonyl (C=O) groups is 1. The van der Waals surface area contributed by atoms with E-state index in [1.807, 2.05) is 19.0 Å². The molecule has 0 aliphatic carbocycles. The zero-order chi connectivity index (χ0) is 19.5. The second-order valence-corrected chi connectivity index (χ2v) is 8.88. The van der Waals surface area contributed by atoms with Gasteiger partial charge in [0, 0.05) is 38.3 Å². The molecule has 26 heavy (non-hydrogen) atoms. The molecule has 0 bridgehead atoms. The summed E-state index contributed by atoms with van der Waals surface area (Å²) >= 11 is 0. The summed E-state index contributed by atoms with van der Waals surface area (Å²) in [5.74, 6) is -0.479. The average molecular weight is 376 g/mol. The number of hydrogen-bond donors (Lipinski definition) is 0. The number of hydrogen-bond acceptors (Lipinski definition) is 5. The fourth-order valence-corrected chi connectivity index (χ4v) is 3.38. The molecule has 1 aromatic carbocycles. The number of anilines is 1. The average Bonchev–Trinajstić information content (AvgIpc) is 3.01. The molecule has 0 amide bonds. The van der Waals surface area contributed by atoms with Gasteiger partial charge in [-0.3, -0.25) is 0 Å². The summed E-state index contributed by atoms with van der Waals surface area (Å²) in [6, 6.07) is 8.26. The summed E-state index contributed by atoms with van der Waals surface area (Å²) in [4.78, 5) is 13.8. The van der Waals surface area contributed by atoms with Crippen molar-refractivity contribution in [2.45, 2.75) is 31.3 Å². The van der Waals surface area contributed by atoms with Gasteiger partial charge >= 0.3 is 5.97 Å². The lowest BCUT2D eigenvalue weighted by Crippen LogP contribution is -2.22. The van der Waals surface area contributed by atoms with Crippen molar-refractivity contribution in [3.63, 3.8) is 0 Å². The van der Waals surface area contributed by atoms with Crippen LogP contribution in [0.1, 0.15) is 26.3 Å². The first kappa shape index (κ1) is 19.8. The lowest BCUT2D eigenvalue weighted by molar-refractivity contribution is -0.148. The molecule has 0 atom stereocenters. The predicted octanol–water partition coefficient (Wildman–Crippen LogP) is 3.15. The lowest BCUT2D eigenvalue weighted by atomic mass is 10.2. The Balaban J connectivity index is 2.18. The van der Waals surface area contributed by atoms with Crippen molar-refractivity contribution in [3.8, 4) is 0 Å². The van der Waals surface area contributed by atoms with E-state index < -0.39 is 21.6 Å². The smallest absolute Gasteiger partial charge is 0.331 e. The lowest BCUT2D eigenvalue weighted by Gasteiger charge is -2.17. The number of benzene rings is 1. The molecule has 2 rings (SSSR count). The maximum Gasteiger partial charge on any atom is 0.331 e. The molecule has 1 aromatic heterocycles. The van der Waals surface area contributed by atoms with E-state index in [1.54, 1.807) is 51.1 Å². The van der Waals surface area contributed by atoms with Crippen molar-refractivity contribution < 1.29 is 17.9 Å². The zero-order valence-corrected chi connectivity index (χ0v) is 16.4. The summed E-state index contributed by atoms with van der Waals surface area (Å²) < 4.78 is 31.7. The third kappa shape index (κ3) is 4.98. The van der Waals surface area contributed by atoms with Crippen LogP contribution in [0, 0.1) is 0 Å². The Morgan fingerprint density at radius 3 is 2.27 bits per heavy atom. The van der Waals surface area contributed by atoms with Gasteiger partial charge in [-0.15, -0.1) is 0 Å². The Morgan fingerprint density at radius 2 is 1.73 bits per heavy atom. The highest BCUT2D eigenvalue weighted by Crippen LogP contribution is 2.19. The van der Waals surface area contributed by atoms with Crippen LogP contribution in [0.15, 0.2) is 53.7 Å². The van der Waals surface area contributed by atoms with Crippen LogP contribution in [-0.4, -0.2) is 38.1 Å². The summed E-state index contributed by atoms with van der Waals surface area (Å²) in [6.45, 7) is 5.34. The predicted molar refractivity (Wildman–Crippen MR) is 103 cm³/mol. The van der Waals surface area contributed by atoms with Gasteiger partial charge in [0.25, 0.3) is 10.0 Å². The van der Waals surface area contributed by atoms with E-state index in [0.29, 0.717) is 5.56 Å². The van der Waals surface area contributed by atoms with Gasteiger partial charge in [0.2, 0.25) is 0 Å². The summed E-state index contributed by atoms with van der Waals surface area (Å²) in [5.41, 5.74) is 0.928. The van der Waals surface area contributed by atoms with Crippen LogP contribution >= 0.6 is 0 Å². The van der Waals surface area contributed by atoms with E-state index in [2.05, 4.69) is 0 Å². The first-order chi connectivity index (χ1) is 12.0. The Kier molecular flexibility index (Phi) is 5.61. The number of esters is 1. The molecular weight excluding hydrogens is 352 g/mol. The zero-order valence-electron chi connectivity index (χ0n) is 15.6. The van der Waals surface area contributed by atoms with Crippen LogP contribution in [0.25, 0.3) is 6.08 Å². The maximum absolute atomic E-state index is 12.7. The van der Waals surface area contributed by atoms with Gasteiger partial charge in [0.15, 0.2) is 0 Å². The number of aromatic nitrogens is 1. The van der Waals surface area contributed by atoms with E-state index >= 15 is 0 Å². The third-order valence-electron chi connectivity index (χ3n) is 3.44. The van der Waals surface area contributed by atoms with Crippen LogP contribution in [0.4, 0.5) is 5.69 Å². The Hall–Kier alpha value is -2.54. The summed E-state index contributed by atoms with van der Waals surface area (Å²) in [6.07, 6.45) is 5.71. The van der Waals surface area contributed by atoms with E-state index in [0.717, 1.165) is 9.66 Å². The molecule has 0 saturated heterocycles. The van der Waals surface area contributed by atoms with E-state index in [9.17, 15) is 13.2 Å². The number of nitrogens with zero attached hydrogens (tertiary/aromatic N) is 2. The molecule has 7 heteroatoms. The van der Waals surface area contributed by atoms with E-state index in [1.165, 1.54) is 24.5 Å². The first-order valence-electron chi connectivity index (χ1n) is 8.11. The van der Waals surface area contributed by atoms with Gasteiger partial charge in [0.05, 0.1) is 4.90 Å². The fourth-order valence-electron chi connectivity index (χ4n) is 2.18. The summed E-state index contributed by atoms with van der Waals surface area (Å²) in [7, 11) is 0.0954. The Bertz CT molecular complexity index is 902. The number of rotatable bonds is 5. The quantitative estimate of drug-likeness (QED) is 0.592. The van der Waals surface area contributed by atoms with Crippen LogP contribution in [0.3, 0.4) is 0 Å². The van der Waals surface area contributed by atoms with Crippen molar-refractivity contribution >= 4 is 27.8 Å². The molecule has 1 heterocycles. The molecule has 0 aliphatic heterocycles. The molecule has 0 aliphatic rings. The molecule has 6 nitrogen and oxygen atoms in total. The molecule has 0 unspecified atom stereocenters. The molecule has 0 radical (unpaired) electrons. The summed E-state index contributed by atoms with van der Waals surface area (Å²) in [5, 5.41) is 0. The second-order valence-electron chi connectivity index (χ2n) is 7.03. The number of carbonyl (C=O) groups excluding carboxylic acids is 1. The van der Waals surface area contributed by atoms with Crippen molar-refractivity contribution in [1.29, 1.82) is 0 Å². The monoisotopic (exact) mass is 376 g/mol. The third-order valence-corrected chi connectivity index (χ3v) is 5.09. The van der Waals surface area contributed by atoms with Gasteiger partial charge in [-0.05, 0) is 62.7 Å². The van der Waals surface area contributed by atoms with E-state index in [-0.39, 0.29) is 4.90 Å². The largest absolute Gasteiger partial charge is 0.457 e. The molecule has 0 spiro atoms. The fraction of sp³-hybridized carbons (Fsp3) is 0.316. The van der Waals surface area contributed by atoms with Gasteiger partial charge in [0.1, 0.15) is 5.60 Å². The van der Waals surface area contributed by atoms with Crippen molar-refractivity contribution in [2.24, 2.45) is 0 Å². The Morgan fingerprint density at radius 1 is 1.12 bits per heavy atom. The van der Waals surface area contributed by atoms with Gasteiger partial charge in [-0.1, -0.05) is 0 Å². The highest BCUT2D eigenvalue weighted by molar-refractivity contribution is 7.90. The standard InChI is InChI=1S/C19H24N2O4S/c1-19(2,3)25-18(22)11-6-15-12-13-21(14-15)26(23,24)17-9-7-16(8-10-17)20(4)5/h6-14H,1-5H3/b11-6+. The highest BCUT2D eigenvalue weighted by atomic mass is 32.2. The second kappa shape index (κ2) is 7.37. The molecule has 0 N–H and O–H groups in total. The molecule has 2 aromatic rings. The van der Waals surface area contributed by atoms with Gasteiger partial charge in [-0.2, -0.15) is 0 Å². The molecule has 140 valence electrons. The minimum atomic E-state index is -3.68. The molecular formula is C19H24N2O4S.